The molecule has 1 atom stereocenters. The molecular formula is C15H13ClO3. The largest absolute Gasteiger partial charge is 0.479 e. The highest BCUT2D eigenvalue weighted by molar-refractivity contribution is 6.33. The second kappa shape index (κ2) is 5.76. The van der Waals surface area contributed by atoms with E-state index in [4.69, 9.17) is 21.4 Å². The Balaban J connectivity index is 2.19. The van der Waals surface area contributed by atoms with Crippen molar-refractivity contribution < 1.29 is 14.6 Å². The molecule has 0 saturated heterocycles. The SMILES string of the molecule is CC(Oc1ccc(-c2ccccc2Cl)cc1)C(=O)O. The molecule has 0 amide bonds. The molecule has 98 valence electrons. The predicted octanol–water partition coefficient (Wildman–Crippen LogP) is 3.86. The highest BCUT2D eigenvalue weighted by Gasteiger charge is 2.12. The van der Waals surface area contributed by atoms with Crippen LogP contribution in [0.3, 0.4) is 0 Å². The van der Waals surface area contributed by atoms with Crippen molar-refractivity contribution in [2.45, 2.75) is 13.0 Å². The number of carboxylic acid groups (broad SMARTS) is 1. The van der Waals surface area contributed by atoms with Gasteiger partial charge in [0.1, 0.15) is 5.75 Å². The Labute approximate surface area is 116 Å². The van der Waals surface area contributed by atoms with Crippen molar-refractivity contribution in [3.05, 3.63) is 53.6 Å². The maximum atomic E-state index is 10.7. The number of halogens is 1. The summed E-state index contributed by atoms with van der Waals surface area (Å²) in [6.07, 6.45) is -0.869. The van der Waals surface area contributed by atoms with Gasteiger partial charge in [-0.05, 0) is 30.7 Å². The number of rotatable bonds is 4. The molecule has 2 rings (SSSR count). The number of hydrogen-bond donors (Lipinski definition) is 1. The molecule has 0 spiro atoms. The number of carbonyl (C=O) groups is 1. The predicted molar refractivity (Wildman–Crippen MR) is 74.6 cm³/mol. The first-order chi connectivity index (χ1) is 9.08. The summed E-state index contributed by atoms with van der Waals surface area (Å²) in [5.74, 6) is -0.471. The van der Waals surface area contributed by atoms with Crippen LogP contribution < -0.4 is 4.74 Å². The van der Waals surface area contributed by atoms with Gasteiger partial charge in [0, 0.05) is 10.6 Å². The van der Waals surface area contributed by atoms with Crippen molar-refractivity contribution in [2.24, 2.45) is 0 Å². The molecule has 4 heteroatoms. The van der Waals surface area contributed by atoms with Crippen LogP contribution >= 0.6 is 11.6 Å². The van der Waals surface area contributed by atoms with Gasteiger partial charge in [-0.15, -0.1) is 0 Å². The Morgan fingerprint density at radius 2 is 1.79 bits per heavy atom. The van der Waals surface area contributed by atoms with Crippen molar-refractivity contribution in [1.29, 1.82) is 0 Å². The fourth-order valence-electron chi connectivity index (χ4n) is 1.66. The second-order valence-corrected chi connectivity index (χ2v) is 4.51. The van der Waals surface area contributed by atoms with Crippen molar-refractivity contribution in [3.8, 4) is 16.9 Å². The molecular weight excluding hydrogens is 264 g/mol. The fourth-order valence-corrected chi connectivity index (χ4v) is 1.91. The van der Waals surface area contributed by atoms with E-state index in [1.807, 2.05) is 36.4 Å². The molecule has 0 saturated carbocycles. The lowest BCUT2D eigenvalue weighted by atomic mass is 10.1. The molecule has 2 aromatic rings. The molecule has 19 heavy (non-hydrogen) atoms. The summed E-state index contributed by atoms with van der Waals surface area (Å²) >= 11 is 6.12. The summed E-state index contributed by atoms with van der Waals surface area (Å²) in [7, 11) is 0. The molecule has 0 radical (unpaired) electrons. The van der Waals surface area contributed by atoms with E-state index in [0.717, 1.165) is 11.1 Å². The van der Waals surface area contributed by atoms with Gasteiger partial charge in [-0.25, -0.2) is 4.79 Å². The molecule has 0 aliphatic rings. The summed E-state index contributed by atoms with van der Waals surface area (Å²) in [6, 6.07) is 14.7. The highest BCUT2D eigenvalue weighted by atomic mass is 35.5. The average Bonchev–Trinajstić information content (AvgIpc) is 2.40. The minimum atomic E-state index is -0.991. The van der Waals surface area contributed by atoms with E-state index in [0.29, 0.717) is 10.8 Å². The van der Waals surface area contributed by atoms with Crippen LogP contribution in [0.5, 0.6) is 5.75 Å². The Morgan fingerprint density at radius 3 is 2.37 bits per heavy atom. The Bertz CT molecular complexity index is 578. The maximum Gasteiger partial charge on any atom is 0.344 e. The van der Waals surface area contributed by atoms with Crippen molar-refractivity contribution in [3.63, 3.8) is 0 Å². The molecule has 0 fully saturated rings. The van der Waals surface area contributed by atoms with Gasteiger partial charge in [-0.2, -0.15) is 0 Å². The van der Waals surface area contributed by atoms with E-state index in [2.05, 4.69) is 0 Å². The summed E-state index contributed by atoms with van der Waals surface area (Å²) in [5, 5.41) is 9.45. The molecule has 1 N–H and O–H groups in total. The zero-order chi connectivity index (χ0) is 13.8. The zero-order valence-corrected chi connectivity index (χ0v) is 11.1. The maximum absolute atomic E-state index is 10.7. The monoisotopic (exact) mass is 276 g/mol. The van der Waals surface area contributed by atoms with E-state index in [1.165, 1.54) is 6.92 Å². The van der Waals surface area contributed by atoms with Crippen LogP contribution in [0.4, 0.5) is 0 Å². The normalized spacial score (nSPS) is 11.9. The Kier molecular flexibility index (Phi) is 4.07. The van der Waals surface area contributed by atoms with Crippen LogP contribution in [-0.2, 0) is 4.79 Å². The third-order valence-electron chi connectivity index (χ3n) is 2.70. The van der Waals surface area contributed by atoms with Gasteiger partial charge >= 0.3 is 5.97 Å². The van der Waals surface area contributed by atoms with E-state index in [9.17, 15) is 4.79 Å². The summed E-state index contributed by atoms with van der Waals surface area (Å²) in [6.45, 7) is 1.49. The van der Waals surface area contributed by atoms with Crippen LogP contribution in [0.2, 0.25) is 5.02 Å². The quantitative estimate of drug-likeness (QED) is 0.922. The third kappa shape index (κ3) is 3.26. The molecule has 0 aliphatic carbocycles. The first-order valence-electron chi connectivity index (χ1n) is 5.82. The lowest BCUT2D eigenvalue weighted by molar-refractivity contribution is -0.144. The van der Waals surface area contributed by atoms with E-state index >= 15 is 0 Å². The van der Waals surface area contributed by atoms with Gasteiger partial charge in [-0.3, -0.25) is 0 Å². The first-order valence-corrected chi connectivity index (χ1v) is 6.20. The van der Waals surface area contributed by atoms with Crippen LogP contribution in [-0.4, -0.2) is 17.2 Å². The van der Waals surface area contributed by atoms with Gasteiger partial charge in [0.25, 0.3) is 0 Å². The lowest BCUT2D eigenvalue weighted by Crippen LogP contribution is -2.22. The Hall–Kier alpha value is -2.00. The topological polar surface area (TPSA) is 46.5 Å². The number of aliphatic carboxylic acids is 1. The van der Waals surface area contributed by atoms with Gasteiger partial charge in [-0.1, -0.05) is 41.9 Å². The molecule has 0 aliphatic heterocycles. The van der Waals surface area contributed by atoms with E-state index in [-0.39, 0.29) is 0 Å². The highest BCUT2D eigenvalue weighted by Crippen LogP contribution is 2.28. The number of ether oxygens (including phenoxy) is 1. The zero-order valence-electron chi connectivity index (χ0n) is 10.3. The number of benzene rings is 2. The fraction of sp³-hybridized carbons (Fsp3) is 0.133. The van der Waals surface area contributed by atoms with Gasteiger partial charge < -0.3 is 9.84 Å². The molecule has 0 bridgehead atoms. The minimum Gasteiger partial charge on any atom is -0.479 e. The third-order valence-corrected chi connectivity index (χ3v) is 3.03. The van der Waals surface area contributed by atoms with Gasteiger partial charge in [0.2, 0.25) is 0 Å². The van der Waals surface area contributed by atoms with Crippen molar-refractivity contribution >= 4 is 17.6 Å². The summed E-state index contributed by atoms with van der Waals surface area (Å²) in [5.41, 5.74) is 1.89. The summed E-state index contributed by atoms with van der Waals surface area (Å²) in [4.78, 5) is 10.7. The van der Waals surface area contributed by atoms with Crippen molar-refractivity contribution in [1.82, 2.24) is 0 Å². The molecule has 0 aromatic heterocycles. The molecule has 1 unspecified atom stereocenters. The van der Waals surface area contributed by atoms with Crippen LogP contribution in [0.1, 0.15) is 6.92 Å². The first kappa shape index (κ1) is 13.4. The van der Waals surface area contributed by atoms with Crippen LogP contribution in [0, 0.1) is 0 Å². The van der Waals surface area contributed by atoms with E-state index in [1.54, 1.807) is 12.1 Å². The number of carboxylic acids is 1. The van der Waals surface area contributed by atoms with Gasteiger partial charge in [0.05, 0.1) is 0 Å². The van der Waals surface area contributed by atoms with E-state index < -0.39 is 12.1 Å². The molecule has 0 heterocycles. The van der Waals surface area contributed by atoms with Crippen molar-refractivity contribution in [2.75, 3.05) is 0 Å². The van der Waals surface area contributed by atoms with Gasteiger partial charge in [0.15, 0.2) is 6.10 Å². The minimum absolute atomic E-state index is 0.519. The average molecular weight is 277 g/mol. The lowest BCUT2D eigenvalue weighted by Gasteiger charge is -2.11. The summed E-state index contributed by atoms with van der Waals surface area (Å²) < 4.78 is 5.26. The molecule has 3 nitrogen and oxygen atoms in total. The number of hydrogen-bond acceptors (Lipinski definition) is 2. The smallest absolute Gasteiger partial charge is 0.344 e. The van der Waals surface area contributed by atoms with Crippen LogP contribution in [0.25, 0.3) is 11.1 Å². The Morgan fingerprint density at radius 1 is 1.16 bits per heavy atom. The van der Waals surface area contributed by atoms with Crippen LogP contribution in [0.15, 0.2) is 48.5 Å². The second-order valence-electron chi connectivity index (χ2n) is 4.10. The molecule has 2 aromatic carbocycles. The standard InChI is InChI=1S/C15H13ClO3/c1-10(15(17)18)19-12-8-6-11(7-9-12)13-4-2-3-5-14(13)16/h2-10H,1H3,(H,17,18).